The quantitative estimate of drug-likeness (QED) is 0.306. The third kappa shape index (κ3) is 3.64. The molecule has 1 atom stereocenters. The van der Waals surface area contributed by atoms with Crippen LogP contribution in [0.4, 0.5) is 0 Å². The zero-order valence-electron chi connectivity index (χ0n) is 19.1. The zero-order valence-corrected chi connectivity index (χ0v) is 19.1. The summed E-state index contributed by atoms with van der Waals surface area (Å²) in [6, 6.07) is 28.0. The van der Waals surface area contributed by atoms with Crippen LogP contribution in [-0.4, -0.2) is 16.7 Å². The van der Waals surface area contributed by atoms with E-state index in [1.807, 2.05) is 6.07 Å². The first-order chi connectivity index (χ1) is 15.5. The molecule has 0 saturated carbocycles. The van der Waals surface area contributed by atoms with E-state index in [0.29, 0.717) is 0 Å². The van der Waals surface area contributed by atoms with Crippen molar-refractivity contribution >= 4 is 21.8 Å². The summed E-state index contributed by atoms with van der Waals surface area (Å²) < 4.78 is 7.77. The highest BCUT2D eigenvalue weighted by molar-refractivity contribution is 5.85. The third-order valence-corrected chi connectivity index (χ3v) is 6.48. The van der Waals surface area contributed by atoms with Crippen molar-refractivity contribution in [3.8, 4) is 5.75 Å². The highest BCUT2D eigenvalue weighted by Gasteiger charge is 2.19. The van der Waals surface area contributed by atoms with Crippen LogP contribution in [0.5, 0.6) is 5.75 Å². The molecule has 0 aliphatic heterocycles. The van der Waals surface area contributed by atoms with Crippen molar-refractivity contribution in [3.05, 3.63) is 107 Å². The van der Waals surface area contributed by atoms with E-state index >= 15 is 0 Å². The van der Waals surface area contributed by atoms with Crippen molar-refractivity contribution in [1.82, 2.24) is 9.55 Å². The van der Waals surface area contributed by atoms with Crippen molar-refractivity contribution in [3.63, 3.8) is 0 Å². The molecule has 0 amide bonds. The highest BCUT2D eigenvalue weighted by atomic mass is 16.5. The fourth-order valence-electron chi connectivity index (χ4n) is 4.52. The van der Waals surface area contributed by atoms with E-state index in [-0.39, 0.29) is 5.92 Å². The number of fused-ring (bicyclic) bond motifs is 2. The number of ether oxygens (including phenoxy) is 1. The summed E-state index contributed by atoms with van der Waals surface area (Å²) in [5.74, 6) is 2.15. The van der Waals surface area contributed by atoms with Gasteiger partial charge in [0.05, 0.1) is 18.1 Å². The molecule has 5 aromatic rings. The van der Waals surface area contributed by atoms with Crippen LogP contribution in [0.15, 0.2) is 78.9 Å². The van der Waals surface area contributed by atoms with E-state index in [1.165, 1.54) is 38.5 Å². The van der Waals surface area contributed by atoms with Crippen molar-refractivity contribution < 1.29 is 4.74 Å². The molecule has 3 nitrogen and oxygen atoms in total. The zero-order chi connectivity index (χ0) is 22.2. The molecule has 5 rings (SSSR count). The predicted molar refractivity (Wildman–Crippen MR) is 133 cm³/mol. The Morgan fingerprint density at radius 1 is 0.875 bits per heavy atom. The van der Waals surface area contributed by atoms with Crippen molar-refractivity contribution in [2.24, 2.45) is 0 Å². The van der Waals surface area contributed by atoms with Gasteiger partial charge in [0.25, 0.3) is 0 Å². The molecule has 1 heterocycles. The first-order valence-corrected chi connectivity index (χ1v) is 11.1. The number of nitrogens with zero attached hydrogens (tertiary/aromatic N) is 2. The van der Waals surface area contributed by atoms with Gasteiger partial charge in [-0.3, -0.25) is 0 Å². The summed E-state index contributed by atoms with van der Waals surface area (Å²) in [5.41, 5.74) is 7.43. The van der Waals surface area contributed by atoms with Gasteiger partial charge in [0, 0.05) is 12.5 Å². The lowest BCUT2D eigenvalue weighted by Crippen LogP contribution is -2.10. The third-order valence-electron chi connectivity index (χ3n) is 6.48. The predicted octanol–water partition coefficient (Wildman–Crippen LogP) is 7.02. The number of aryl methyl sites for hydroxylation is 2. The molecule has 0 bridgehead atoms. The van der Waals surface area contributed by atoms with E-state index in [2.05, 4.69) is 98.1 Å². The van der Waals surface area contributed by atoms with Gasteiger partial charge in [0.1, 0.15) is 11.6 Å². The Labute approximate surface area is 189 Å². The topological polar surface area (TPSA) is 27.1 Å². The molecule has 0 N–H and O–H groups in total. The van der Waals surface area contributed by atoms with E-state index in [9.17, 15) is 0 Å². The Kier molecular flexibility index (Phi) is 5.18. The van der Waals surface area contributed by atoms with Crippen LogP contribution in [-0.2, 0) is 6.54 Å². The monoisotopic (exact) mass is 420 g/mol. The second-order valence-electron chi connectivity index (χ2n) is 8.67. The van der Waals surface area contributed by atoms with Crippen molar-refractivity contribution in [1.29, 1.82) is 0 Å². The summed E-state index contributed by atoms with van der Waals surface area (Å²) in [5, 5.41) is 2.40. The van der Waals surface area contributed by atoms with E-state index < -0.39 is 0 Å². The molecule has 4 aromatic carbocycles. The van der Waals surface area contributed by atoms with Gasteiger partial charge in [0.2, 0.25) is 0 Å². The van der Waals surface area contributed by atoms with Gasteiger partial charge in [-0.25, -0.2) is 4.98 Å². The molecule has 160 valence electrons. The number of benzene rings is 4. The standard InChI is InChI=1S/C29H28N2O/c1-19-9-10-20(2)25(15-19)18-31-28-8-6-5-7-27(28)30-29(31)21(3)22-11-12-24-17-26(32-4)14-13-23(24)16-22/h5-17,21H,18H2,1-4H3. The summed E-state index contributed by atoms with van der Waals surface area (Å²) in [6.45, 7) is 7.42. The summed E-state index contributed by atoms with van der Waals surface area (Å²) in [6.07, 6.45) is 0. The van der Waals surface area contributed by atoms with Gasteiger partial charge in [-0.15, -0.1) is 0 Å². The Morgan fingerprint density at radius 3 is 2.50 bits per heavy atom. The van der Waals surface area contributed by atoms with Crippen LogP contribution in [0.25, 0.3) is 21.8 Å². The Balaban J connectivity index is 1.61. The average Bonchev–Trinajstić information content (AvgIpc) is 3.18. The summed E-state index contributed by atoms with van der Waals surface area (Å²) in [7, 11) is 1.71. The highest BCUT2D eigenvalue weighted by Crippen LogP contribution is 2.31. The number of methoxy groups -OCH3 is 1. The largest absolute Gasteiger partial charge is 0.497 e. The van der Waals surface area contributed by atoms with Crippen LogP contribution in [0, 0.1) is 13.8 Å². The van der Waals surface area contributed by atoms with Crippen molar-refractivity contribution in [2.75, 3.05) is 7.11 Å². The molecule has 0 radical (unpaired) electrons. The molecule has 0 spiro atoms. The van der Waals surface area contributed by atoms with E-state index in [0.717, 1.165) is 23.6 Å². The van der Waals surface area contributed by atoms with Crippen LogP contribution < -0.4 is 4.74 Å². The smallest absolute Gasteiger partial charge is 0.119 e. The SMILES string of the molecule is COc1ccc2cc(C(C)c3nc4ccccc4n3Cc3cc(C)ccc3C)ccc2c1. The lowest BCUT2D eigenvalue weighted by Gasteiger charge is -2.17. The lowest BCUT2D eigenvalue weighted by atomic mass is 9.96. The first-order valence-electron chi connectivity index (χ1n) is 11.1. The minimum absolute atomic E-state index is 0.166. The molecular formula is C29H28N2O. The van der Waals surface area contributed by atoms with Crippen LogP contribution in [0.2, 0.25) is 0 Å². The van der Waals surface area contributed by atoms with Crippen LogP contribution in [0.1, 0.15) is 40.9 Å². The first kappa shape index (κ1) is 20.3. The minimum atomic E-state index is 0.166. The lowest BCUT2D eigenvalue weighted by molar-refractivity contribution is 0.415. The maximum absolute atomic E-state index is 5.38. The number of imidazole rings is 1. The number of hydrogen-bond acceptors (Lipinski definition) is 2. The molecule has 1 unspecified atom stereocenters. The average molecular weight is 421 g/mol. The van der Waals surface area contributed by atoms with E-state index in [4.69, 9.17) is 9.72 Å². The number of aromatic nitrogens is 2. The molecule has 0 fully saturated rings. The number of para-hydroxylation sites is 2. The fourth-order valence-corrected chi connectivity index (χ4v) is 4.52. The molecule has 1 aromatic heterocycles. The summed E-state index contributed by atoms with van der Waals surface area (Å²) >= 11 is 0. The Bertz CT molecular complexity index is 1430. The molecular weight excluding hydrogens is 392 g/mol. The Hall–Kier alpha value is -3.59. The number of hydrogen-bond donors (Lipinski definition) is 0. The summed E-state index contributed by atoms with van der Waals surface area (Å²) in [4.78, 5) is 5.09. The molecule has 32 heavy (non-hydrogen) atoms. The molecule has 0 aliphatic rings. The van der Waals surface area contributed by atoms with Gasteiger partial charge in [0.15, 0.2) is 0 Å². The van der Waals surface area contributed by atoms with Crippen LogP contribution in [0.3, 0.4) is 0 Å². The van der Waals surface area contributed by atoms with Crippen LogP contribution >= 0.6 is 0 Å². The van der Waals surface area contributed by atoms with Gasteiger partial charge in [-0.1, -0.05) is 67.1 Å². The normalized spacial score (nSPS) is 12.4. The minimum Gasteiger partial charge on any atom is -0.497 e. The van der Waals surface area contributed by atoms with Gasteiger partial charge in [-0.2, -0.15) is 0 Å². The Morgan fingerprint density at radius 2 is 1.66 bits per heavy atom. The molecule has 0 aliphatic carbocycles. The fraction of sp³-hybridized carbons (Fsp3) is 0.207. The van der Waals surface area contributed by atoms with Gasteiger partial charge < -0.3 is 9.30 Å². The van der Waals surface area contributed by atoms with Crippen molar-refractivity contribution in [2.45, 2.75) is 33.2 Å². The molecule has 3 heteroatoms. The second-order valence-corrected chi connectivity index (χ2v) is 8.67. The number of rotatable bonds is 5. The second kappa shape index (κ2) is 8.16. The van der Waals surface area contributed by atoms with Gasteiger partial charge in [-0.05, 0) is 65.6 Å². The maximum atomic E-state index is 5.38. The maximum Gasteiger partial charge on any atom is 0.119 e. The van der Waals surface area contributed by atoms with Gasteiger partial charge >= 0.3 is 0 Å². The molecule has 0 saturated heterocycles. The van der Waals surface area contributed by atoms with E-state index in [1.54, 1.807) is 7.11 Å².